The van der Waals surface area contributed by atoms with Crippen LogP contribution in [0.15, 0.2) is 12.1 Å². The van der Waals surface area contributed by atoms with Crippen molar-refractivity contribution in [3.8, 4) is 17.2 Å². The highest BCUT2D eigenvalue weighted by molar-refractivity contribution is 5.52. The van der Waals surface area contributed by atoms with Crippen molar-refractivity contribution in [1.29, 1.82) is 0 Å². The number of ether oxygens (including phenoxy) is 3. The Morgan fingerprint density at radius 3 is 2.93 bits per heavy atom. The molecule has 0 saturated heterocycles. The monoisotopic (exact) mass is 194 g/mol. The summed E-state index contributed by atoms with van der Waals surface area (Å²) in [4.78, 5) is 0. The predicted octanol–water partition coefficient (Wildman–Crippen LogP) is 2.03. The fourth-order valence-corrected chi connectivity index (χ4v) is 1.61. The summed E-state index contributed by atoms with van der Waals surface area (Å²) in [7, 11) is 1.65. The molecule has 2 bridgehead atoms. The largest absolute Gasteiger partial charge is 0.493 e. The zero-order valence-corrected chi connectivity index (χ0v) is 8.50. The molecule has 1 aromatic carbocycles. The molecule has 1 aromatic rings. The van der Waals surface area contributed by atoms with E-state index in [1.54, 1.807) is 7.11 Å². The van der Waals surface area contributed by atoms with E-state index < -0.39 is 0 Å². The summed E-state index contributed by atoms with van der Waals surface area (Å²) < 4.78 is 16.2. The van der Waals surface area contributed by atoms with Crippen molar-refractivity contribution in [2.24, 2.45) is 0 Å². The van der Waals surface area contributed by atoms with Crippen LogP contribution < -0.4 is 14.2 Å². The van der Waals surface area contributed by atoms with Gasteiger partial charge in [0.2, 0.25) is 0 Å². The molecule has 0 saturated carbocycles. The van der Waals surface area contributed by atoms with Crippen LogP contribution in [0.1, 0.15) is 12.5 Å². The lowest BCUT2D eigenvalue weighted by Crippen LogP contribution is -1.97. The number of benzene rings is 1. The van der Waals surface area contributed by atoms with Gasteiger partial charge in [-0.15, -0.1) is 0 Å². The summed E-state index contributed by atoms with van der Waals surface area (Å²) >= 11 is 0. The van der Waals surface area contributed by atoms with Gasteiger partial charge in [-0.25, -0.2) is 0 Å². The second kappa shape index (κ2) is 3.78. The molecule has 0 aromatic heterocycles. The standard InChI is InChI=1S/C11H14O3/c1-3-13-9-7-11-10(12-2)6-8(9)4-5-14-11/h6-7H,3-5H2,1-2H3. The lowest BCUT2D eigenvalue weighted by molar-refractivity contribution is 0.305. The average Bonchev–Trinajstić information content (AvgIpc) is 2.50. The Hall–Kier alpha value is -1.38. The van der Waals surface area contributed by atoms with Crippen molar-refractivity contribution in [2.45, 2.75) is 13.3 Å². The molecule has 2 heterocycles. The van der Waals surface area contributed by atoms with Gasteiger partial charge in [-0.1, -0.05) is 0 Å². The first-order valence-corrected chi connectivity index (χ1v) is 4.81. The van der Waals surface area contributed by atoms with Gasteiger partial charge in [0.25, 0.3) is 0 Å². The molecule has 0 atom stereocenters. The Kier molecular flexibility index (Phi) is 2.48. The highest BCUT2D eigenvalue weighted by Gasteiger charge is 2.16. The molecule has 3 heteroatoms. The van der Waals surface area contributed by atoms with Gasteiger partial charge >= 0.3 is 0 Å². The third-order valence-electron chi connectivity index (χ3n) is 2.28. The summed E-state index contributed by atoms with van der Waals surface area (Å²) in [5.74, 6) is 2.49. The van der Waals surface area contributed by atoms with Crippen LogP contribution in [-0.4, -0.2) is 20.3 Å². The molecule has 3 nitrogen and oxygen atoms in total. The molecule has 2 aliphatic heterocycles. The smallest absolute Gasteiger partial charge is 0.164 e. The molecule has 0 spiro atoms. The van der Waals surface area contributed by atoms with Gasteiger partial charge in [0.1, 0.15) is 5.75 Å². The lowest BCUT2D eigenvalue weighted by Gasteiger charge is -2.09. The van der Waals surface area contributed by atoms with Crippen LogP contribution in [0, 0.1) is 0 Å². The third kappa shape index (κ3) is 1.50. The van der Waals surface area contributed by atoms with Crippen molar-refractivity contribution in [2.75, 3.05) is 20.3 Å². The second-order valence-corrected chi connectivity index (χ2v) is 3.14. The first-order valence-electron chi connectivity index (χ1n) is 4.81. The van der Waals surface area contributed by atoms with Crippen molar-refractivity contribution in [1.82, 2.24) is 0 Å². The van der Waals surface area contributed by atoms with Crippen molar-refractivity contribution >= 4 is 0 Å². The average molecular weight is 194 g/mol. The van der Waals surface area contributed by atoms with Crippen LogP contribution in [0.2, 0.25) is 0 Å². The van der Waals surface area contributed by atoms with Crippen LogP contribution in [0.3, 0.4) is 0 Å². The molecule has 0 amide bonds. The first kappa shape index (κ1) is 9.19. The van der Waals surface area contributed by atoms with E-state index in [0.29, 0.717) is 13.2 Å². The van der Waals surface area contributed by atoms with Crippen LogP contribution in [0.4, 0.5) is 0 Å². The molecule has 0 radical (unpaired) electrons. The quantitative estimate of drug-likeness (QED) is 0.736. The van der Waals surface area contributed by atoms with Gasteiger partial charge in [0.05, 0.1) is 20.3 Å². The van der Waals surface area contributed by atoms with Crippen LogP contribution in [-0.2, 0) is 6.42 Å². The first-order chi connectivity index (χ1) is 6.85. The van der Waals surface area contributed by atoms with Crippen molar-refractivity contribution in [3.63, 3.8) is 0 Å². The van der Waals surface area contributed by atoms with E-state index in [1.165, 1.54) is 0 Å². The van der Waals surface area contributed by atoms with Crippen LogP contribution in [0.25, 0.3) is 0 Å². The highest BCUT2D eigenvalue weighted by Crippen LogP contribution is 2.37. The Balaban J connectivity index is 2.42. The molecule has 2 aliphatic rings. The normalized spacial score (nSPS) is 13.3. The topological polar surface area (TPSA) is 27.7 Å². The van der Waals surface area contributed by atoms with E-state index in [2.05, 4.69) is 0 Å². The van der Waals surface area contributed by atoms with Gasteiger partial charge < -0.3 is 14.2 Å². The minimum absolute atomic E-state index is 0.679. The maximum Gasteiger partial charge on any atom is 0.164 e. The summed E-state index contributed by atoms with van der Waals surface area (Å²) in [5, 5.41) is 0. The van der Waals surface area contributed by atoms with E-state index in [9.17, 15) is 0 Å². The molecule has 3 rings (SSSR count). The molecular weight excluding hydrogens is 180 g/mol. The number of fused-ring (bicyclic) bond motifs is 4. The molecule has 0 N–H and O–H groups in total. The molecular formula is C11H14O3. The summed E-state index contributed by atoms with van der Waals surface area (Å²) in [6, 6.07) is 3.90. The fourth-order valence-electron chi connectivity index (χ4n) is 1.61. The third-order valence-corrected chi connectivity index (χ3v) is 2.28. The van der Waals surface area contributed by atoms with E-state index in [0.717, 1.165) is 29.2 Å². The Morgan fingerprint density at radius 1 is 1.36 bits per heavy atom. The highest BCUT2D eigenvalue weighted by atomic mass is 16.5. The summed E-state index contributed by atoms with van der Waals surface area (Å²) in [5.41, 5.74) is 1.16. The van der Waals surface area contributed by atoms with Gasteiger partial charge in [0, 0.05) is 18.1 Å². The van der Waals surface area contributed by atoms with E-state index in [-0.39, 0.29) is 0 Å². The van der Waals surface area contributed by atoms with Crippen molar-refractivity contribution in [3.05, 3.63) is 17.7 Å². The molecule has 76 valence electrons. The van der Waals surface area contributed by atoms with Crippen LogP contribution >= 0.6 is 0 Å². The maximum absolute atomic E-state index is 5.52. The minimum Gasteiger partial charge on any atom is -0.493 e. The number of rotatable bonds is 3. The maximum atomic E-state index is 5.52. The SMILES string of the molecule is CCOc1cc2c(OC)cc1CCO2. The second-order valence-electron chi connectivity index (χ2n) is 3.14. The minimum atomic E-state index is 0.679. The lowest BCUT2D eigenvalue weighted by atomic mass is 10.1. The summed E-state index contributed by atoms with van der Waals surface area (Å²) in [6.07, 6.45) is 0.877. The zero-order valence-electron chi connectivity index (χ0n) is 8.50. The van der Waals surface area contributed by atoms with Gasteiger partial charge in [-0.2, -0.15) is 0 Å². The Bertz CT molecular complexity index is 334. The Morgan fingerprint density at radius 2 is 2.21 bits per heavy atom. The van der Waals surface area contributed by atoms with Crippen LogP contribution in [0.5, 0.6) is 17.2 Å². The van der Waals surface area contributed by atoms with E-state index >= 15 is 0 Å². The molecule has 0 aliphatic carbocycles. The molecule has 0 fully saturated rings. The Labute approximate surface area is 83.6 Å². The van der Waals surface area contributed by atoms with E-state index in [1.807, 2.05) is 19.1 Å². The zero-order chi connectivity index (χ0) is 9.97. The summed E-state index contributed by atoms with van der Waals surface area (Å²) in [6.45, 7) is 3.35. The van der Waals surface area contributed by atoms with Gasteiger partial charge in [0.15, 0.2) is 11.5 Å². The number of hydrogen-bond acceptors (Lipinski definition) is 3. The van der Waals surface area contributed by atoms with Crippen molar-refractivity contribution < 1.29 is 14.2 Å². The van der Waals surface area contributed by atoms with E-state index in [4.69, 9.17) is 14.2 Å². The molecule has 14 heavy (non-hydrogen) atoms. The molecule has 0 unspecified atom stereocenters. The number of methoxy groups -OCH3 is 1. The predicted molar refractivity (Wildman–Crippen MR) is 53.4 cm³/mol. The fraction of sp³-hybridized carbons (Fsp3) is 0.455. The number of hydrogen-bond donors (Lipinski definition) is 0. The van der Waals surface area contributed by atoms with Gasteiger partial charge in [-0.05, 0) is 13.0 Å². The van der Waals surface area contributed by atoms with Gasteiger partial charge in [-0.3, -0.25) is 0 Å².